The molecule has 0 saturated carbocycles. The van der Waals surface area contributed by atoms with E-state index in [2.05, 4.69) is 15.9 Å². The van der Waals surface area contributed by atoms with Gasteiger partial charge in [-0.25, -0.2) is 0 Å². The van der Waals surface area contributed by atoms with Gasteiger partial charge in [0.2, 0.25) is 0 Å². The SMILES string of the molecule is O=C(CBr)c1c(O)ccc2ccccc12. The molecule has 3 heteroatoms. The van der Waals surface area contributed by atoms with E-state index in [0.29, 0.717) is 5.56 Å². The molecule has 0 aliphatic rings. The summed E-state index contributed by atoms with van der Waals surface area (Å²) in [7, 11) is 0. The molecule has 76 valence electrons. The molecule has 0 atom stereocenters. The number of phenolic OH excluding ortho intramolecular Hbond substituents is 1. The van der Waals surface area contributed by atoms with Gasteiger partial charge in [-0.15, -0.1) is 0 Å². The monoisotopic (exact) mass is 264 g/mol. The molecule has 15 heavy (non-hydrogen) atoms. The lowest BCUT2D eigenvalue weighted by Gasteiger charge is -2.06. The van der Waals surface area contributed by atoms with Crippen LogP contribution in [0.1, 0.15) is 10.4 Å². The van der Waals surface area contributed by atoms with Crippen LogP contribution >= 0.6 is 15.9 Å². The van der Waals surface area contributed by atoms with Gasteiger partial charge in [0.25, 0.3) is 0 Å². The van der Waals surface area contributed by atoms with Crippen molar-refractivity contribution in [2.75, 3.05) is 5.33 Å². The van der Waals surface area contributed by atoms with Crippen molar-refractivity contribution in [3.8, 4) is 5.75 Å². The van der Waals surface area contributed by atoms with Crippen LogP contribution in [-0.4, -0.2) is 16.2 Å². The lowest BCUT2D eigenvalue weighted by atomic mass is 10.0. The minimum Gasteiger partial charge on any atom is -0.507 e. The minimum atomic E-state index is -0.107. The highest BCUT2D eigenvalue weighted by atomic mass is 79.9. The van der Waals surface area contributed by atoms with E-state index in [1.807, 2.05) is 24.3 Å². The molecule has 0 unspecified atom stereocenters. The van der Waals surface area contributed by atoms with Crippen LogP contribution in [0.5, 0.6) is 5.75 Å². The average Bonchev–Trinajstić information content (AvgIpc) is 2.28. The molecule has 2 aromatic rings. The number of carbonyl (C=O) groups is 1. The summed E-state index contributed by atoms with van der Waals surface area (Å²) < 4.78 is 0. The van der Waals surface area contributed by atoms with Gasteiger partial charge in [0.05, 0.1) is 10.9 Å². The Morgan fingerprint density at radius 1 is 1.20 bits per heavy atom. The summed E-state index contributed by atoms with van der Waals surface area (Å²) in [5.41, 5.74) is 0.393. The van der Waals surface area contributed by atoms with E-state index in [9.17, 15) is 9.90 Å². The quantitative estimate of drug-likeness (QED) is 0.669. The van der Waals surface area contributed by atoms with E-state index in [-0.39, 0.29) is 16.9 Å². The highest BCUT2D eigenvalue weighted by molar-refractivity contribution is 9.09. The summed E-state index contributed by atoms with van der Waals surface area (Å²) in [6.07, 6.45) is 0. The van der Waals surface area contributed by atoms with Crippen molar-refractivity contribution in [1.29, 1.82) is 0 Å². The van der Waals surface area contributed by atoms with Gasteiger partial charge in [0, 0.05) is 0 Å². The first kappa shape index (κ1) is 10.2. The molecule has 0 fully saturated rings. The third kappa shape index (κ3) is 1.75. The van der Waals surface area contributed by atoms with Gasteiger partial charge in [-0.3, -0.25) is 4.79 Å². The Balaban J connectivity index is 2.79. The molecule has 2 aromatic carbocycles. The van der Waals surface area contributed by atoms with E-state index in [1.54, 1.807) is 12.1 Å². The van der Waals surface area contributed by atoms with Crippen LogP contribution in [-0.2, 0) is 0 Å². The highest BCUT2D eigenvalue weighted by Crippen LogP contribution is 2.27. The van der Waals surface area contributed by atoms with Gasteiger partial charge in [-0.05, 0) is 16.8 Å². The normalized spacial score (nSPS) is 10.5. The van der Waals surface area contributed by atoms with Crippen LogP contribution in [0.4, 0.5) is 0 Å². The van der Waals surface area contributed by atoms with Crippen LogP contribution < -0.4 is 0 Å². The molecule has 0 amide bonds. The molecule has 0 heterocycles. The van der Waals surface area contributed by atoms with Gasteiger partial charge >= 0.3 is 0 Å². The zero-order valence-electron chi connectivity index (χ0n) is 7.90. The molecule has 1 N–H and O–H groups in total. The number of hydrogen-bond acceptors (Lipinski definition) is 2. The van der Waals surface area contributed by atoms with Crippen LogP contribution in [0.3, 0.4) is 0 Å². The molecule has 0 aliphatic carbocycles. The number of ketones is 1. The van der Waals surface area contributed by atoms with Gasteiger partial charge in [-0.1, -0.05) is 46.3 Å². The molecular formula is C12H9BrO2. The number of carbonyl (C=O) groups excluding carboxylic acids is 1. The first-order valence-electron chi connectivity index (χ1n) is 4.54. The van der Waals surface area contributed by atoms with E-state index < -0.39 is 0 Å². The van der Waals surface area contributed by atoms with E-state index in [0.717, 1.165) is 10.8 Å². The lowest BCUT2D eigenvalue weighted by Crippen LogP contribution is -2.01. The minimum absolute atomic E-state index is 0.0400. The largest absolute Gasteiger partial charge is 0.507 e. The molecule has 2 nitrogen and oxygen atoms in total. The molecule has 2 rings (SSSR count). The van der Waals surface area contributed by atoms with Gasteiger partial charge < -0.3 is 5.11 Å². The summed E-state index contributed by atoms with van der Waals surface area (Å²) in [5, 5.41) is 11.6. The number of benzene rings is 2. The van der Waals surface area contributed by atoms with Crippen molar-refractivity contribution >= 4 is 32.5 Å². The van der Waals surface area contributed by atoms with Crippen molar-refractivity contribution in [3.63, 3.8) is 0 Å². The van der Waals surface area contributed by atoms with Crippen LogP contribution in [0.2, 0.25) is 0 Å². The van der Waals surface area contributed by atoms with Gasteiger partial charge in [-0.2, -0.15) is 0 Å². The Hall–Kier alpha value is -1.35. The third-order valence-electron chi connectivity index (χ3n) is 2.31. The maximum absolute atomic E-state index is 11.6. The summed E-state index contributed by atoms with van der Waals surface area (Å²) in [5.74, 6) is -0.0672. The molecule has 0 aliphatic heterocycles. The molecule has 0 spiro atoms. The number of rotatable bonds is 2. The van der Waals surface area contributed by atoms with Crippen LogP contribution in [0.25, 0.3) is 10.8 Å². The smallest absolute Gasteiger partial charge is 0.177 e. The van der Waals surface area contributed by atoms with E-state index in [1.165, 1.54) is 0 Å². The number of alkyl halides is 1. The second-order valence-corrected chi connectivity index (χ2v) is 3.80. The number of Topliss-reactive ketones (excluding diaryl/α,β-unsaturated/α-hetero) is 1. The predicted octanol–water partition coefficient (Wildman–Crippen LogP) is 3.12. The van der Waals surface area contributed by atoms with E-state index in [4.69, 9.17) is 0 Å². The Morgan fingerprint density at radius 3 is 2.67 bits per heavy atom. The summed E-state index contributed by atoms with van der Waals surface area (Å²) in [6.45, 7) is 0. The first-order chi connectivity index (χ1) is 7.24. The van der Waals surface area contributed by atoms with Crippen molar-refractivity contribution in [1.82, 2.24) is 0 Å². The number of fused-ring (bicyclic) bond motifs is 1. The summed E-state index contributed by atoms with van der Waals surface area (Å²) >= 11 is 3.11. The van der Waals surface area contributed by atoms with Crippen LogP contribution in [0, 0.1) is 0 Å². The summed E-state index contributed by atoms with van der Waals surface area (Å²) in [4.78, 5) is 11.6. The molecule has 0 aromatic heterocycles. The second kappa shape index (κ2) is 4.03. The third-order valence-corrected chi connectivity index (χ3v) is 2.82. The standard InChI is InChI=1S/C12H9BrO2/c13-7-11(15)12-9-4-2-1-3-8(9)5-6-10(12)14/h1-6,14H,7H2. The molecule has 0 bridgehead atoms. The highest BCUT2D eigenvalue weighted by Gasteiger charge is 2.13. The van der Waals surface area contributed by atoms with Crippen LogP contribution in [0.15, 0.2) is 36.4 Å². The molecular weight excluding hydrogens is 256 g/mol. The number of phenols is 1. The summed E-state index contributed by atoms with van der Waals surface area (Å²) in [6, 6.07) is 10.9. The number of halogens is 1. The predicted molar refractivity (Wildman–Crippen MR) is 63.7 cm³/mol. The maximum atomic E-state index is 11.6. The fraction of sp³-hybridized carbons (Fsp3) is 0.0833. The van der Waals surface area contributed by atoms with Crippen molar-refractivity contribution < 1.29 is 9.90 Å². The average molecular weight is 265 g/mol. The van der Waals surface area contributed by atoms with Crippen molar-refractivity contribution in [3.05, 3.63) is 42.0 Å². The van der Waals surface area contributed by atoms with Crippen molar-refractivity contribution in [2.45, 2.75) is 0 Å². The Labute approximate surface area is 95.7 Å². The lowest BCUT2D eigenvalue weighted by molar-refractivity contribution is 0.102. The van der Waals surface area contributed by atoms with E-state index >= 15 is 0 Å². The Kier molecular flexibility index (Phi) is 2.73. The topological polar surface area (TPSA) is 37.3 Å². The van der Waals surface area contributed by atoms with Gasteiger partial charge in [0.15, 0.2) is 5.78 Å². The maximum Gasteiger partial charge on any atom is 0.177 e. The Morgan fingerprint density at radius 2 is 1.93 bits per heavy atom. The second-order valence-electron chi connectivity index (χ2n) is 3.24. The fourth-order valence-corrected chi connectivity index (χ4v) is 1.90. The zero-order valence-corrected chi connectivity index (χ0v) is 9.49. The fourth-order valence-electron chi connectivity index (χ4n) is 1.62. The Bertz CT molecular complexity index is 520. The van der Waals surface area contributed by atoms with Crippen molar-refractivity contribution in [2.24, 2.45) is 0 Å². The zero-order chi connectivity index (χ0) is 10.8. The number of hydrogen-bond donors (Lipinski definition) is 1. The van der Waals surface area contributed by atoms with Gasteiger partial charge in [0.1, 0.15) is 5.75 Å². The molecule has 0 saturated heterocycles. The first-order valence-corrected chi connectivity index (χ1v) is 5.66. The molecule has 0 radical (unpaired) electrons. The number of aromatic hydroxyl groups is 1.